The monoisotopic (exact) mass is 258 g/mol. The van der Waals surface area contributed by atoms with Crippen LogP contribution in [0.5, 0.6) is 0 Å². The molecule has 1 aliphatic heterocycles. The molecular weight excluding hydrogens is 236 g/mol. The largest absolute Gasteiger partial charge is 0.378 e. The number of carbonyl (C=O) groups is 1. The second-order valence-corrected chi connectivity index (χ2v) is 5.90. The lowest BCUT2D eigenvalue weighted by Crippen LogP contribution is -2.50. The van der Waals surface area contributed by atoms with Crippen molar-refractivity contribution in [2.45, 2.75) is 37.0 Å². The predicted molar refractivity (Wildman–Crippen MR) is 70.5 cm³/mol. The van der Waals surface area contributed by atoms with E-state index in [0.29, 0.717) is 19.3 Å². The summed E-state index contributed by atoms with van der Waals surface area (Å²) in [5.41, 5.74) is 0. The Morgan fingerprint density at radius 3 is 2.47 bits per heavy atom. The van der Waals surface area contributed by atoms with Crippen molar-refractivity contribution in [3.05, 3.63) is 0 Å². The molecule has 0 unspecified atom stereocenters. The van der Waals surface area contributed by atoms with Gasteiger partial charge in [0.1, 0.15) is 0 Å². The molecule has 98 valence electrons. The van der Waals surface area contributed by atoms with Crippen LogP contribution in [0.4, 0.5) is 4.79 Å². The van der Waals surface area contributed by atoms with Crippen LogP contribution in [0.3, 0.4) is 0 Å². The molecule has 2 amide bonds. The van der Waals surface area contributed by atoms with E-state index in [4.69, 9.17) is 4.74 Å². The highest BCUT2D eigenvalue weighted by atomic mass is 32.2. The Morgan fingerprint density at radius 1 is 1.24 bits per heavy atom. The number of urea groups is 1. The summed E-state index contributed by atoms with van der Waals surface area (Å²) in [6.45, 7) is 2.80. The van der Waals surface area contributed by atoms with Gasteiger partial charge in [-0.25, -0.2) is 4.79 Å². The van der Waals surface area contributed by atoms with Gasteiger partial charge in [-0.05, 0) is 31.9 Å². The molecule has 1 heterocycles. The molecule has 0 aromatic heterocycles. The van der Waals surface area contributed by atoms with Gasteiger partial charge < -0.3 is 15.0 Å². The van der Waals surface area contributed by atoms with E-state index in [9.17, 15) is 4.79 Å². The molecule has 1 saturated carbocycles. The molecule has 2 rings (SSSR count). The first-order valence-corrected chi connectivity index (χ1v) is 7.74. The summed E-state index contributed by atoms with van der Waals surface area (Å²) in [7, 11) is 0. The Kier molecular flexibility index (Phi) is 4.98. The van der Waals surface area contributed by atoms with Gasteiger partial charge in [-0.1, -0.05) is 0 Å². The Bertz CT molecular complexity index is 249. The van der Waals surface area contributed by atoms with Gasteiger partial charge >= 0.3 is 6.03 Å². The summed E-state index contributed by atoms with van der Waals surface area (Å²) in [4.78, 5) is 13.8. The number of hydrogen-bond acceptors (Lipinski definition) is 3. The minimum absolute atomic E-state index is 0.0981. The van der Waals surface area contributed by atoms with Crippen LogP contribution < -0.4 is 5.32 Å². The Balaban J connectivity index is 1.71. The molecule has 1 N–H and O–H groups in total. The van der Waals surface area contributed by atoms with Gasteiger partial charge in [0.2, 0.25) is 0 Å². The summed E-state index contributed by atoms with van der Waals surface area (Å²) < 4.78 is 5.24. The highest BCUT2D eigenvalue weighted by Gasteiger charge is 2.24. The molecular formula is C12H22N2O2S. The average molecular weight is 258 g/mol. The van der Waals surface area contributed by atoms with Crippen LogP contribution in [0.15, 0.2) is 0 Å². The summed E-state index contributed by atoms with van der Waals surface area (Å²) in [6.07, 6.45) is 6.89. The minimum atomic E-state index is 0.0981. The third-order valence-corrected chi connectivity index (χ3v) is 4.77. The number of nitrogens with zero attached hydrogens (tertiary/aromatic N) is 1. The number of ether oxygens (including phenoxy) is 1. The number of amides is 2. The molecule has 2 aliphatic rings. The smallest absolute Gasteiger partial charge is 0.317 e. The van der Waals surface area contributed by atoms with Crippen molar-refractivity contribution >= 4 is 17.8 Å². The maximum atomic E-state index is 12.0. The zero-order valence-corrected chi connectivity index (χ0v) is 11.3. The van der Waals surface area contributed by atoms with E-state index in [-0.39, 0.29) is 6.03 Å². The van der Waals surface area contributed by atoms with Gasteiger partial charge in [0, 0.05) is 24.4 Å². The SMILES string of the molecule is CSC1CCC(NC(=O)N2CCOCC2)CC1. The average Bonchev–Trinajstić information content (AvgIpc) is 2.40. The van der Waals surface area contributed by atoms with Crippen LogP contribution in [0, 0.1) is 0 Å². The molecule has 2 fully saturated rings. The van der Waals surface area contributed by atoms with Crippen LogP contribution in [-0.2, 0) is 4.74 Å². The first-order chi connectivity index (χ1) is 8.29. The highest BCUT2D eigenvalue weighted by molar-refractivity contribution is 7.99. The van der Waals surface area contributed by atoms with E-state index in [1.54, 1.807) is 0 Å². The standard InChI is InChI=1S/C12H22N2O2S/c1-17-11-4-2-10(3-5-11)13-12(15)14-6-8-16-9-7-14/h10-11H,2-9H2,1H3,(H,13,15). The van der Waals surface area contributed by atoms with Crippen molar-refractivity contribution in [2.24, 2.45) is 0 Å². The van der Waals surface area contributed by atoms with Crippen molar-refractivity contribution in [3.8, 4) is 0 Å². The Hall–Kier alpha value is -0.420. The van der Waals surface area contributed by atoms with Crippen molar-refractivity contribution in [1.82, 2.24) is 10.2 Å². The van der Waals surface area contributed by atoms with E-state index in [1.165, 1.54) is 12.8 Å². The van der Waals surface area contributed by atoms with E-state index in [0.717, 1.165) is 31.2 Å². The zero-order valence-electron chi connectivity index (χ0n) is 10.5. The van der Waals surface area contributed by atoms with Crippen molar-refractivity contribution in [1.29, 1.82) is 0 Å². The lowest BCUT2D eigenvalue weighted by Gasteiger charge is -2.32. The maximum Gasteiger partial charge on any atom is 0.317 e. The van der Waals surface area contributed by atoms with Crippen molar-refractivity contribution in [3.63, 3.8) is 0 Å². The summed E-state index contributed by atoms with van der Waals surface area (Å²) >= 11 is 1.96. The lowest BCUT2D eigenvalue weighted by molar-refractivity contribution is 0.0521. The van der Waals surface area contributed by atoms with Crippen LogP contribution >= 0.6 is 11.8 Å². The Labute approximate surface area is 107 Å². The number of carbonyl (C=O) groups excluding carboxylic acids is 1. The van der Waals surface area contributed by atoms with Crippen LogP contribution in [0.2, 0.25) is 0 Å². The number of hydrogen-bond donors (Lipinski definition) is 1. The molecule has 0 spiro atoms. The lowest BCUT2D eigenvalue weighted by atomic mass is 9.95. The maximum absolute atomic E-state index is 12.0. The van der Waals surface area contributed by atoms with Gasteiger partial charge in [-0.15, -0.1) is 0 Å². The molecule has 0 aromatic rings. The van der Waals surface area contributed by atoms with Gasteiger partial charge in [-0.2, -0.15) is 11.8 Å². The summed E-state index contributed by atoms with van der Waals surface area (Å²) in [5, 5.41) is 3.95. The molecule has 0 atom stereocenters. The van der Waals surface area contributed by atoms with Gasteiger partial charge in [0.25, 0.3) is 0 Å². The predicted octanol–water partition coefficient (Wildman–Crippen LogP) is 1.70. The number of nitrogens with one attached hydrogen (secondary N) is 1. The van der Waals surface area contributed by atoms with Gasteiger partial charge in [0.15, 0.2) is 0 Å². The fraction of sp³-hybridized carbons (Fsp3) is 0.917. The van der Waals surface area contributed by atoms with Gasteiger partial charge in [0.05, 0.1) is 13.2 Å². The first-order valence-electron chi connectivity index (χ1n) is 6.45. The first kappa shape index (κ1) is 13.0. The third kappa shape index (κ3) is 3.78. The summed E-state index contributed by atoms with van der Waals surface area (Å²) in [6, 6.07) is 0.481. The molecule has 0 radical (unpaired) electrons. The quantitative estimate of drug-likeness (QED) is 0.819. The van der Waals surface area contributed by atoms with Crippen LogP contribution in [0.1, 0.15) is 25.7 Å². The van der Waals surface area contributed by atoms with Crippen LogP contribution in [-0.4, -0.2) is 54.8 Å². The van der Waals surface area contributed by atoms with Crippen molar-refractivity contribution < 1.29 is 9.53 Å². The molecule has 1 aliphatic carbocycles. The van der Waals surface area contributed by atoms with E-state index in [1.807, 2.05) is 16.7 Å². The van der Waals surface area contributed by atoms with E-state index in [2.05, 4.69) is 11.6 Å². The molecule has 0 bridgehead atoms. The minimum Gasteiger partial charge on any atom is -0.378 e. The third-order valence-electron chi connectivity index (χ3n) is 3.63. The van der Waals surface area contributed by atoms with E-state index < -0.39 is 0 Å². The zero-order chi connectivity index (χ0) is 12.1. The topological polar surface area (TPSA) is 41.6 Å². The number of rotatable bonds is 2. The Morgan fingerprint density at radius 2 is 1.88 bits per heavy atom. The molecule has 1 saturated heterocycles. The fourth-order valence-electron chi connectivity index (χ4n) is 2.48. The molecule has 4 nitrogen and oxygen atoms in total. The summed E-state index contributed by atoms with van der Waals surface area (Å²) in [5.74, 6) is 0. The van der Waals surface area contributed by atoms with Crippen LogP contribution in [0.25, 0.3) is 0 Å². The highest BCUT2D eigenvalue weighted by Crippen LogP contribution is 2.26. The number of morpholine rings is 1. The van der Waals surface area contributed by atoms with Gasteiger partial charge in [-0.3, -0.25) is 0 Å². The molecule has 17 heavy (non-hydrogen) atoms. The number of thioether (sulfide) groups is 1. The molecule has 5 heteroatoms. The normalized spacial score (nSPS) is 30.1. The second-order valence-electron chi connectivity index (χ2n) is 4.76. The molecule has 0 aromatic carbocycles. The second kappa shape index (κ2) is 6.50. The van der Waals surface area contributed by atoms with Crippen molar-refractivity contribution in [2.75, 3.05) is 32.6 Å². The fourth-order valence-corrected chi connectivity index (χ4v) is 3.22. The van der Waals surface area contributed by atoms with E-state index >= 15 is 0 Å².